The van der Waals surface area contributed by atoms with Gasteiger partial charge in [-0.25, -0.2) is 0 Å². The third-order valence-electron chi connectivity index (χ3n) is 2.93. The van der Waals surface area contributed by atoms with Crippen LogP contribution in [0, 0.1) is 0 Å². The van der Waals surface area contributed by atoms with E-state index < -0.39 is 6.04 Å². The van der Waals surface area contributed by atoms with Crippen LogP contribution in [0.2, 0.25) is 10.0 Å². The van der Waals surface area contributed by atoms with Crippen molar-refractivity contribution in [3.8, 4) is 5.75 Å². The Labute approximate surface area is 137 Å². The van der Waals surface area contributed by atoms with Gasteiger partial charge in [0.15, 0.2) is 0 Å². The summed E-state index contributed by atoms with van der Waals surface area (Å²) in [6.07, 6.45) is 0. The maximum absolute atomic E-state index is 6.30. The van der Waals surface area contributed by atoms with Crippen LogP contribution in [0.5, 0.6) is 5.75 Å². The number of nitrogens with two attached hydrogens (primary N) is 1. The van der Waals surface area contributed by atoms with Crippen molar-refractivity contribution in [2.75, 3.05) is 6.61 Å². The normalized spacial score (nSPS) is 12.2. The van der Waals surface area contributed by atoms with Crippen LogP contribution in [0.25, 0.3) is 0 Å². The summed E-state index contributed by atoms with van der Waals surface area (Å²) in [5.41, 5.74) is 7.93. The van der Waals surface area contributed by atoms with Crippen LogP contribution < -0.4 is 10.5 Å². The lowest BCUT2D eigenvalue weighted by Gasteiger charge is -2.18. The maximum Gasteiger partial charge on any atom is 0.120 e. The first-order valence-electron chi connectivity index (χ1n) is 6.16. The molecule has 5 heteroatoms. The highest BCUT2D eigenvalue weighted by atomic mass is 79.9. The Hall–Kier alpha value is -0.740. The van der Waals surface area contributed by atoms with E-state index in [0.29, 0.717) is 16.7 Å². The van der Waals surface area contributed by atoms with Crippen molar-refractivity contribution in [3.05, 3.63) is 62.0 Å². The zero-order chi connectivity index (χ0) is 14.7. The van der Waals surface area contributed by atoms with Crippen molar-refractivity contribution >= 4 is 39.1 Å². The fourth-order valence-corrected chi connectivity index (χ4v) is 3.22. The van der Waals surface area contributed by atoms with Gasteiger partial charge in [0.25, 0.3) is 0 Å². The Morgan fingerprint density at radius 1 is 1.20 bits per heavy atom. The monoisotopic (exact) mass is 373 g/mol. The molecule has 0 radical (unpaired) electrons. The molecule has 0 spiro atoms. The molecule has 0 saturated carbocycles. The number of ether oxygens (including phenoxy) is 1. The Kier molecular flexibility index (Phi) is 5.33. The molecule has 0 fully saturated rings. The van der Waals surface area contributed by atoms with Gasteiger partial charge in [-0.1, -0.05) is 51.3 Å². The summed E-state index contributed by atoms with van der Waals surface area (Å²) in [6, 6.07) is 10.7. The largest absolute Gasteiger partial charge is 0.494 e. The second-order valence-corrected chi connectivity index (χ2v) is 5.90. The summed E-state index contributed by atoms with van der Waals surface area (Å²) in [6.45, 7) is 2.56. The standard InChI is InChI=1S/C15H14BrCl2NO/c1-2-20-9-6-7-10(11(16)8-9)15(19)14-12(17)4-3-5-13(14)18/h3-8,15H,2,19H2,1H3. The quantitative estimate of drug-likeness (QED) is 0.797. The number of benzene rings is 2. The third-order valence-corrected chi connectivity index (χ3v) is 4.27. The van der Waals surface area contributed by atoms with Gasteiger partial charge in [-0.15, -0.1) is 0 Å². The van der Waals surface area contributed by atoms with Crippen molar-refractivity contribution in [2.45, 2.75) is 13.0 Å². The molecule has 0 amide bonds. The second-order valence-electron chi connectivity index (χ2n) is 4.23. The molecule has 0 aliphatic rings. The number of rotatable bonds is 4. The van der Waals surface area contributed by atoms with Crippen LogP contribution >= 0.6 is 39.1 Å². The van der Waals surface area contributed by atoms with Crippen molar-refractivity contribution < 1.29 is 4.74 Å². The van der Waals surface area contributed by atoms with Gasteiger partial charge in [-0.05, 0) is 36.8 Å². The summed E-state index contributed by atoms with van der Waals surface area (Å²) in [7, 11) is 0. The first-order valence-corrected chi connectivity index (χ1v) is 7.71. The second kappa shape index (κ2) is 6.81. The van der Waals surface area contributed by atoms with Gasteiger partial charge in [-0.3, -0.25) is 0 Å². The Bertz CT molecular complexity index is 599. The molecule has 2 N–H and O–H groups in total. The van der Waals surface area contributed by atoms with Crippen molar-refractivity contribution in [2.24, 2.45) is 5.73 Å². The van der Waals surface area contributed by atoms with Gasteiger partial charge >= 0.3 is 0 Å². The lowest BCUT2D eigenvalue weighted by Crippen LogP contribution is -2.13. The minimum absolute atomic E-state index is 0.402. The molecular weight excluding hydrogens is 361 g/mol. The van der Waals surface area contributed by atoms with Gasteiger partial charge in [0.2, 0.25) is 0 Å². The third kappa shape index (κ3) is 3.29. The molecule has 106 valence electrons. The summed E-state index contributed by atoms with van der Waals surface area (Å²) in [5.74, 6) is 0.792. The Morgan fingerprint density at radius 3 is 2.40 bits per heavy atom. The highest BCUT2D eigenvalue weighted by Crippen LogP contribution is 2.36. The summed E-state index contributed by atoms with van der Waals surface area (Å²) in [4.78, 5) is 0. The Morgan fingerprint density at radius 2 is 1.85 bits per heavy atom. The zero-order valence-electron chi connectivity index (χ0n) is 10.9. The van der Waals surface area contributed by atoms with E-state index in [0.717, 1.165) is 21.3 Å². The number of hydrogen-bond donors (Lipinski definition) is 1. The van der Waals surface area contributed by atoms with Crippen LogP contribution in [0.15, 0.2) is 40.9 Å². The van der Waals surface area contributed by atoms with Crippen molar-refractivity contribution in [1.29, 1.82) is 0 Å². The topological polar surface area (TPSA) is 35.2 Å². The minimum Gasteiger partial charge on any atom is -0.494 e. The van der Waals surface area contributed by atoms with Crippen LogP contribution in [-0.2, 0) is 0 Å². The van der Waals surface area contributed by atoms with Crippen LogP contribution in [0.4, 0.5) is 0 Å². The van der Waals surface area contributed by atoms with E-state index in [1.807, 2.05) is 25.1 Å². The predicted octanol–water partition coefficient (Wildman–Crippen LogP) is 5.20. The fraction of sp³-hybridized carbons (Fsp3) is 0.200. The molecule has 2 rings (SSSR count). The smallest absolute Gasteiger partial charge is 0.120 e. The van der Waals surface area contributed by atoms with E-state index in [-0.39, 0.29) is 0 Å². The summed E-state index contributed by atoms with van der Waals surface area (Å²) in [5, 5.41) is 1.12. The van der Waals surface area contributed by atoms with Crippen LogP contribution in [0.3, 0.4) is 0 Å². The van der Waals surface area contributed by atoms with Gasteiger partial charge in [0, 0.05) is 20.1 Å². The number of hydrogen-bond acceptors (Lipinski definition) is 2. The molecule has 0 bridgehead atoms. The van der Waals surface area contributed by atoms with Crippen LogP contribution in [0.1, 0.15) is 24.1 Å². The highest BCUT2D eigenvalue weighted by molar-refractivity contribution is 9.10. The van der Waals surface area contributed by atoms with Gasteiger partial charge in [0.05, 0.1) is 12.6 Å². The molecule has 20 heavy (non-hydrogen) atoms. The van der Waals surface area contributed by atoms with E-state index in [9.17, 15) is 0 Å². The van der Waals surface area contributed by atoms with E-state index in [1.54, 1.807) is 18.2 Å². The molecule has 2 nitrogen and oxygen atoms in total. The lowest BCUT2D eigenvalue weighted by atomic mass is 9.99. The molecule has 0 aliphatic heterocycles. The molecule has 1 atom stereocenters. The van der Waals surface area contributed by atoms with Gasteiger partial charge in [0.1, 0.15) is 5.75 Å². The zero-order valence-corrected chi connectivity index (χ0v) is 14.0. The van der Waals surface area contributed by atoms with Gasteiger partial charge in [-0.2, -0.15) is 0 Å². The molecule has 1 unspecified atom stereocenters. The average Bonchev–Trinajstić information content (AvgIpc) is 2.38. The van der Waals surface area contributed by atoms with Crippen LogP contribution in [-0.4, -0.2) is 6.61 Å². The van der Waals surface area contributed by atoms with E-state index in [4.69, 9.17) is 33.7 Å². The summed E-state index contributed by atoms with van der Waals surface area (Å²) < 4.78 is 6.32. The maximum atomic E-state index is 6.30. The lowest BCUT2D eigenvalue weighted by molar-refractivity contribution is 0.340. The molecule has 0 aliphatic carbocycles. The van der Waals surface area contributed by atoms with Gasteiger partial charge < -0.3 is 10.5 Å². The van der Waals surface area contributed by atoms with E-state index in [2.05, 4.69) is 15.9 Å². The summed E-state index contributed by atoms with van der Waals surface area (Å²) >= 11 is 15.9. The van der Waals surface area contributed by atoms with E-state index >= 15 is 0 Å². The molecule has 0 saturated heterocycles. The van der Waals surface area contributed by atoms with Crippen molar-refractivity contribution in [3.63, 3.8) is 0 Å². The first-order chi connectivity index (χ1) is 9.54. The van der Waals surface area contributed by atoms with Crippen molar-refractivity contribution in [1.82, 2.24) is 0 Å². The number of halogens is 3. The molecular formula is C15H14BrCl2NO. The Balaban J connectivity index is 2.41. The first kappa shape index (κ1) is 15.6. The highest BCUT2D eigenvalue weighted by Gasteiger charge is 2.18. The predicted molar refractivity (Wildman–Crippen MR) is 87.8 cm³/mol. The molecule has 0 aromatic heterocycles. The fourth-order valence-electron chi connectivity index (χ4n) is 1.98. The SMILES string of the molecule is CCOc1ccc(C(N)c2c(Cl)cccc2Cl)c(Br)c1. The molecule has 2 aromatic rings. The average molecular weight is 375 g/mol. The molecule has 0 heterocycles. The molecule has 2 aromatic carbocycles. The minimum atomic E-state index is -0.402. The van der Waals surface area contributed by atoms with E-state index in [1.165, 1.54) is 0 Å².